The molecule has 1 aliphatic rings. The van der Waals surface area contributed by atoms with Gasteiger partial charge in [0, 0.05) is 44.6 Å². The van der Waals surface area contributed by atoms with Crippen molar-refractivity contribution in [2.45, 2.75) is 26.1 Å². The van der Waals surface area contributed by atoms with Crippen LogP contribution in [0.25, 0.3) is 0 Å². The highest BCUT2D eigenvalue weighted by Gasteiger charge is 2.25. The summed E-state index contributed by atoms with van der Waals surface area (Å²) >= 11 is 1.64. The Hall–Kier alpha value is -1.76. The van der Waals surface area contributed by atoms with Crippen LogP contribution in [0.4, 0.5) is 0 Å². The first-order chi connectivity index (χ1) is 11.7. The highest BCUT2D eigenvalue weighted by molar-refractivity contribution is 7.07. The minimum Gasteiger partial charge on any atom is -0.351 e. The zero-order valence-corrected chi connectivity index (χ0v) is 14.8. The van der Waals surface area contributed by atoms with Crippen molar-refractivity contribution in [2.75, 3.05) is 26.2 Å². The van der Waals surface area contributed by atoms with Crippen LogP contribution in [-0.2, 0) is 17.9 Å². The lowest BCUT2D eigenvalue weighted by Gasteiger charge is -2.37. The summed E-state index contributed by atoms with van der Waals surface area (Å²) < 4.78 is 0. The first-order valence-electron chi connectivity index (χ1n) is 8.37. The number of carbonyl (C=O) groups is 1. The molecule has 0 bridgehead atoms. The molecular weight excluding hydrogens is 320 g/mol. The molecule has 1 N–H and O–H groups in total. The van der Waals surface area contributed by atoms with E-state index < -0.39 is 0 Å². The Morgan fingerprint density at radius 1 is 1.25 bits per heavy atom. The molecule has 0 unspecified atom stereocenters. The van der Waals surface area contributed by atoms with Crippen LogP contribution >= 0.6 is 11.3 Å². The molecule has 0 spiro atoms. The molecule has 6 heteroatoms. The number of thiazole rings is 1. The molecule has 1 fully saturated rings. The number of hydrogen-bond acceptors (Lipinski definition) is 5. The second-order valence-electron chi connectivity index (χ2n) is 6.17. The van der Waals surface area contributed by atoms with E-state index in [1.54, 1.807) is 11.3 Å². The first kappa shape index (κ1) is 17.1. The van der Waals surface area contributed by atoms with Gasteiger partial charge in [-0.3, -0.25) is 14.6 Å². The first-order valence-corrected chi connectivity index (χ1v) is 9.32. The van der Waals surface area contributed by atoms with Crippen molar-refractivity contribution in [1.82, 2.24) is 20.1 Å². The number of hydrogen-bond donors (Lipinski definition) is 1. The van der Waals surface area contributed by atoms with Crippen LogP contribution in [0.2, 0.25) is 0 Å². The molecule has 1 aliphatic heterocycles. The van der Waals surface area contributed by atoms with Crippen molar-refractivity contribution in [3.63, 3.8) is 0 Å². The number of piperazine rings is 1. The third kappa shape index (κ3) is 4.63. The van der Waals surface area contributed by atoms with Crippen molar-refractivity contribution >= 4 is 17.2 Å². The number of nitrogens with one attached hydrogen (secondary N) is 1. The molecular formula is C18H24N4OS. The Labute approximate surface area is 147 Å². The van der Waals surface area contributed by atoms with Crippen LogP contribution in [0, 0.1) is 0 Å². The van der Waals surface area contributed by atoms with Crippen LogP contribution in [0.3, 0.4) is 0 Å². The summed E-state index contributed by atoms with van der Waals surface area (Å²) in [7, 11) is 0. The maximum absolute atomic E-state index is 12.4. The van der Waals surface area contributed by atoms with Crippen LogP contribution in [0.5, 0.6) is 0 Å². The average Bonchev–Trinajstić information content (AvgIpc) is 3.13. The van der Waals surface area contributed by atoms with Crippen molar-refractivity contribution in [2.24, 2.45) is 0 Å². The number of carbonyl (C=O) groups excluding carboxylic acids is 1. The van der Waals surface area contributed by atoms with E-state index in [2.05, 4.69) is 25.5 Å². The molecule has 1 aromatic heterocycles. The lowest BCUT2D eigenvalue weighted by atomic mass is 10.2. The standard InChI is InChI=1S/C18H24N4OS/c1-15(18(23)19-11-16-5-3-2-4-6-16)22-9-7-21(8-10-22)12-17-13-24-14-20-17/h2-6,13-15H,7-12H2,1H3,(H,19,23)/t15-/m0/s1. The topological polar surface area (TPSA) is 48.5 Å². The molecule has 0 radical (unpaired) electrons. The summed E-state index contributed by atoms with van der Waals surface area (Å²) in [6, 6.07) is 9.94. The number of aromatic nitrogens is 1. The quantitative estimate of drug-likeness (QED) is 0.870. The van der Waals surface area contributed by atoms with E-state index in [-0.39, 0.29) is 11.9 Å². The number of amides is 1. The van der Waals surface area contributed by atoms with E-state index in [1.807, 2.05) is 42.8 Å². The summed E-state index contributed by atoms with van der Waals surface area (Å²) in [5.74, 6) is 0.104. The monoisotopic (exact) mass is 344 g/mol. The normalized spacial score (nSPS) is 17.5. The summed E-state index contributed by atoms with van der Waals surface area (Å²) in [6.45, 7) is 7.30. The highest BCUT2D eigenvalue weighted by Crippen LogP contribution is 2.11. The molecule has 3 rings (SSSR count). The fraction of sp³-hybridized carbons (Fsp3) is 0.444. The van der Waals surface area contributed by atoms with Crippen molar-refractivity contribution in [3.05, 3.63) is 52.5 Å². The summed E-state index contributed by atoms with van der Waals surface area (Å²) in [5.41, 5.74) is 4.15. The summed E-state index contributed by atoms with van der Waals surface area (Å²) in [5, 5.41) is 5.14. The van der Waals surface area contributed by atoms with Gasteiger partial charge in [-0.1, -0.05) is 30.3 Å². The van der Waals surface area contributed by atoms with Gasteiger partial charge in [0.1, 0.15) is 0 Å². The number of benzene rings is 1. The molecule has 1 saturated heterocycles. The second-order valence-corrected chi connectivity index (χ2v) is 6.89. The van der Waals surface area contributed by atoms with E-state index >= 15 is 0 Å². The summed E-state index contributed by atoms with van der Waals surface area (Å²) in [6.07, 6.45) is 0. The van der Waals surface area contributed by atoms with Crippen LogP contribution < -0.4 is 5.32 Å². The molecule has 0 aliphatic carbocycles. The van der Waals surface area contributed by atoms with Gasteiger partial charge in [-0.25, -0.2) is 4.98 Å². The number of nitrogens with zero attached hydrogens (tertiary/aromatic N) is 3. The van der Waals surface area contributed by atoms with Gasteiger partial charge in [0.2, 0.25) is 5.91 Å². The van der Waals surface area contributed by atoms with Crippen molar-refractivity contribution < 1.29 is 4.79 Å². The Bertz CT molecular complexity index is 624. The van der Waals surface area contributed by atoms with Crippen LogP contribution in [-0.4, -0.2) is 52.9 Å². The lowest BCUT2D eigenvalue weighted by Crippen LogP contribution is -2.53. The molecule has 5 nitrogen and oxygen atoms in total. The molecule has 0 saturated carbocycles. The Morgan fingerprint density at radius 2 is 2.00 bits per heavy atom. The van der Waals surface area contributed by atoms with E-state index in [0.717, 1.165) is 44.0 Å². The van der Waals surface area contributed by atoms with Gasteiger partial charge >= 0.3 is 0 Å². The maximum Gasteiger partial charge on any atom is 0.237 e. The third-order valence-electron chi connectivity index (χ3n) is 4.51. The predicted octanol–water partition coefficient (Wildman–Crippen LogP) is 1.97. The molecule has 128 valence electrons. The van der Waals surface area contributed by atoms with Gasteiger partial charge in [-0.05, 0) is 12.5 Å². The van der Waals surface area contributed by atoms with Crippen LogP contribution in [0.15, 0.2) is 41.2 Å². The molecule has 1 amide bonds. The largest absolute Gasteiger partial charge is 0.351 e. The van der Waals surface area contributed by atoms with Gasteiger partial charge < -0.3 is 5.32 Å². The minimum atomic E-state index is -0.0878. The highest BCUT2D eigenvalue weighted by atomic mass is 32.1. The zero-order chi connectivity index (χ0) is 16.8. The average molecular weight is 344 g/mol. The zero-order valence-electron chi connectivity index (χ0n) is 14.0. The van der Waals surface area contributed by atoms with Crippen LogP contribution in [0.1, 0.15) is 18.2 Å². The Morgan fingerprint density at radius 3 is 2.67 bits per heavy atom. The van der Waals surface area contributed by atoms with Gasteiger partial charge in [0.25, 0.3) is 0 Å². The van der Waals surface area contributed by atoms with Gasteiger partial charge in [-0.15, -0.1) is 11.3 Å². The number of rotatable bonds is 6. The maximum atomic E-state index is 12.4. The third-order valence-corrected chi connectivity index (χ3v) is 5.15. The summed E-state index contributed by atoms with van der Waals surface area (Å²) in [4.78, 5) is 21.4. The van der Waals surface area contributed by atoms with Crippen molar-refractivity contribution in [3.8, 4) is 0 Å². The Balaban J connectivity index is 1.42. The van der Waals surface area contributed by atoms with E-state index in [4.69, 9.17) is 0 Å². The van der Waals surface area contributed by atoms with E-state index in [9.17, 15) is 4.79 Å². The smallest absolute Gasteiger partial charge is 0.237 e. The minimum absolute atomic E-state index is 0.0878. The fourth-order valence-electron chi connectivity index (χ4n) is 2.95. The SMILES string of the molecule is C[C@@H](C(=O)NCc1ccccc1)N1CCN(Cc2cscn2)CC1. The predicted molar refractivity (Wildman–Crippen MR) is 96.7 cm³/mol. The van der Waals surface area contributed by atoms with E-state index in [1.165, 1.54) is 0 Å². The second kappa shape index (κ2) is 8.37. The van der Waals surface area contributed by atoms with E-state index in [0.29, 0.717) is 6.54 Å². The molecule has 1 atom stereocenters. The molecule has 24 heavy (non-hydrogen) atoms. The van der Waals surface area contributed by atoms with Gasteiger partial charge in [0.05, 0.1) is 17.2 Å². The molecule has 2 heterocycles. The lowest BCUT2D eigenvalue weighted by molar-refractivity contribution is -0.126. The Kier molecular flexibility index (Phi) is 5.96. The molecule has 1 aromatic carbocycles. The van der Waals surface area contributed by atoms with Gasteiger partial charge in [-0.2, -0.15) is 0 Å². The van der Waals surface area contributed by atoms with Crippen molar-refractivity contribution in [1.29, 1.82) is 0 Å². The molecule has 2 aromatic rings. The van der Waals surface area contributed by atoms with Gasteiger partial charge in [0.15, 0.2) is 0 Å². The fourth-order valence-corrected chi connectivity index (χ4v) is 3.50.